The van der Waals surface area contributed by atoms with E-state index >= 15 is 0 Å². The van der Waals surface area contributed by atoms with Crippen molar-refractivity contribution in [2.45, 2.75) is 38.6 Å². The van der Waals surface area contributed by atoms with Crippen LogP contribution in [0.5, 0.6) is 11.5 Å². The molecular formula is C26H30FN3O3. The van der Waals surface area contributed by atoms with E-state index in [-0.39, 0.29) is 17.6 Å². The van der Waals surface area contributed by atoms with E-state index in [1.165, 1.54) is 6.07 Å². The predicted molar refractivity (Wildman–Crippen MR) is 125 cm³/mol. The fourth-order valence-corrected chi connectivity index (χ4v) is 4.37. The van der Waals surface area contributed by atoms with Gasteiger partial charge in [-0.15, -0.1) is 0 Å². The molecule has 0 radical (unpaired) electrons. The van der Waals surface area contributed by atoms with Crippen molar-refractivity contribution in [1.82, 2.24) is 14.5 Å². The number of amides is 1. The fraction of sp³-hybridized carbons (Fsp3) is 0.385. The molecule has 1 unspecified atom stereocenters. The van der Waals surface area contributed by atoms with E-state index in [9.17, 15) is 9.18 Å². The summed E-state index contributed by atoms with van der Waals surface area (Å²) in [4.78, 5) is 19.3. The van der Waals surface area contributed by atoms with Crippen LogP contribution in [-0.4, -0.2) is 48.2 Å². The van der Waals surface area contributed by atoms with Crippen LogP contribution in [0.1, 0.15) is 45.3 Å². The van der Waals surface area contributed by atoms with Gasteiger partial charge in [0.25, 0.3) is 5.91 Å². The monoisotopic (exact) mass is 451 g/mol. The molecule has 0 saturated heterocycles. The van der Waals surface area contributed by atoms with Gasteiger partial charge in [-0.3, -0.25) is 4.79 Å². The van der Waals surface area contributed by atoms with E-state index in [1.54, 1.807) is 33.1 Å². The minimum atomic E-state index is -0.179. The molecule has 33 heavy (non-hydrogen) atoms. The zero-order valence-electron chi connectivity index (χ0n) is 19.6. The molecular weight excluding hydrogens is 421 g/mol. The molecule has 3 aromatic rings. The van der Waals surface area contributed by atoms with Gasteiger partial charge < -0.3 is 18.9 Å². The Bertz CT molecular complexity index is 1160. The van der Waals surface area contributed by atoms with E-state index in [2.05, 4.69) is 9.55 Å². The summed E-state index contributed by atoms with van der Waals surface area (Å²) in [7, 11) is 5.02. The standard InChI is InChI=1S/C26H30FN3O3/c1-17-13-19(6-8-21(17)27)20-7-10-25-28-22(16-30(25)15-20)26(31)29(2)12-11-18-5-9-23(32-3)24(14-18)33-4/h5-6,8-9,13-14,16,20H,7,10-12,15H2,1-4H3. The van der Waals surface area contributed by atoms with Crippen LogP contribution in [-0.2, 0) is 19.4 Å². The third-order valence-corrected chi connectivity index (χ3v) is 6.40. The van der Waals surface area contributed by atoms with Crippen LogP contribution >= 0.6 is 0 Å². The maximum Gasteiger partial charge on any atom is 0.273 e. The number of benzene rings is 2. The highest BCUT2D eigenvalue weighted by Crippen LogP contribution is 2.30. The smallest absolute Gasteiger partial charge is 0.273 e. The highest BCUT2D eigenvalue weighted by molar-refractivity contribution is 5.92. The third-order valence-electron chi connectivity index (χ3n) is 6.40. The van der Waals surface area contributed by atoms with Crippen LogP contribution < -0.4 is 9.47 Å². The van der Waals surface area contributed by atoms with Gasteiger partial charge in [0.05, 0.1) is 14.2 Å². The van der Waals surface area contributed by atoms with Crippen LogP contribution in [0.4, 0.5) is 4.39 Å². The minimum absolute atomic E-state index is 0.0912. The first-order chi connectivity index (χ1) is 15.9. The molecule has 0 aliphatic carbocycles. The summed E-state index contributed by atoms with van der Waals surface area (Å²) in [6.45, 7) is 3.10. The molecule has 0 fully saturated rings. The van der Waals surface area contributed by atoms with E-state index in [0.29, 0.717) is 35.7 Å². The van der Waals surface area contributed by atoms with E-state index < -0.39 is 0 Å². The molecule has 0 saturated carbocycles. The topological polar surface area (TPSA) is 56.6 Å². The molecule has 1 amide bonds. The maximum atomic E-state index is 13.6. The van der Waals surface area contributed by atoms with Gasteiger partial charge in [-0.2, -0.15) is 0 Å². The molecule has 2 heterocycles. The molecule has 0 spiro atoms. The van der Waals surface area contributed by atoms with Gasteiger partial charge in [0.2, 0.25) is 0 Å². The number of carbonyl (C=O) groups is 1. The summed E-state index contributed by atoms with van der Waals surface area (Å²) in [6.07, 6.45) is 4.28. The first-order valence-electron chi connectivity index (χ1n) is 11.2. The van der Waals surface area contributed by atoms with Gasteiger partial charge in [-0.1, -0.05) is 18.2 Å². The first kappa shape index (κ1) is 22.8. The summed E-state index contributed by atoms with van der Waals surface area (Å²) in [5.41, 5.74) is 3.33. The number of imidazole rings is 1. The van der Waals surface area contributed by atoms with Crippen molar-refractivity contribution in [2.24, 2.45) is 0 Å². The third kappa shape index (κ3) is 4.87. The Morgan fingerprint density at radius 3 is 2.70 bits per heavy atom. The summed E-state index contributed by atoms with van der Waals surface area (Å²) in [5, 5.41) is 0. The number of aryl methyl sites for hydroxylation is 2. The molecule has 0 N–H and O–H groups in total. The number of rotatable bonds is 7. The normalized spacial score (nSPS) is 15.1. The number of nitrogens with zero attached hydrogens (tertiary/aromatic N) is 3. The van der Waals surface area contributed by atoms with Crippen molar-refractivity contribution in [1.29, 1.82) is 0 Å². The second-order valence-corrected chi connectivity index (χ2v) is 8.60. The second kappa shape index (κ2) is 9.65. The zero-order chi connectivity index (χ0) is 23.5. The number of fused-ring (bicyclic) bond motifs is 1. The van der Waals surface area contributed by atoms with Crippen molar-refractivity contribution < 1.29 is 18.7 Å². The van der Waals surface area contributed by atoms with Crippen molar-refractivity contribution in [3.05, 3.63) is 76.6 Å². The Hall–Kier alpha value is -3.35. The van der Waals surface area contributed by atoms with Crippen molar-refractivity contribution >= 4 is 5.91 Å². The first-order valence-corrected chi connectivity index (χ1v) is 11.2. The Morgan fingerprint density at radius 1 is 1.18 bits per heavy atom. The zero-order valence-corrected chi connectivity index (χ0v) is 19.6. The molecule has 6 nitrogen and oxygen atoms in total. The number of carbonyl (C=O) groups excluding carboxylic acids is 1. The number of methoxy groups -OCH3 is 2. The highest BCUT2D eigenvalue weighted by atomic mass is 19.1. The quantitative estimate of drug-likeness (QED) is 0.535. The van der Waals surface area contributed by atoms with Crippen molar-refractivity contribution in [3.63, 3.8) is 0 Å². The molecule has 1 atom stereocenters. The van der Waals surface area contributed by atoms with Crippen LogP contribution in [0.3, 0.4) is 0 Å². The van der Waals surface area contributed by atoms with Gasteiger partial charge in [0, 0.05) is 38.7 Å². The summed E-state index contributed by atoms with van der Waals surface area (Å²) in [6, 6.07) is 11.1. The fourth-order valence-electron chi connectivity index (χ4n) is 4.37. The summed E-state index contributed by atoms with van der Waals surface area (Å²) in [5.74, 6) is 2.31. The number of halogens is 1. The van der Waals surface area contributed by atoms with Gasteiger partial charge in [0.15, 0.2) is 11.5 Å². The lowest BCUT2D eigenvalue weighted by atomic mass is 9.90. The molecule has 1 aliphatic rings. The average Bonchev–Trinajstić information content (AvgIpc) is 3.26. The van der Waals surface area contributed by atoms with Crippen molar-refractivity contribution in [2.75, 3.05) is 27.8 Å². The number of ether oxygens (including phenoxy) is 2. The van der Waals surface area contributed by atoms with E-state index in [1.807, 2.05) is 36.5 Å². The van der Waals surface area contributed by atoms with Crippen LogP contribution in [0, 0.1) is 12.7 Å². The Balaban J connectivity index is 1.40. The number of hydrogen-bond acceptors (Lipinski definition) is 4. The van der Waals surface area contributed by atoms with E-state index in [4.69, 9.17) is 9.47 Å². The number of aromatic nitrogens is 2. The maximum absolute atomic E-state index is 13.6. The highest BCUT2D eigenvalue weighted by Gasteiger charge is 2.25. The van der Waals surface area contributed by atoms with Crippen LogP contribution in [0.15, 0.2) is 42.6 Å². The van der Waals surface area contributed by atoms with Crippen LogP contribution in [0.25, 0.3) is 0 Å². The lowest BCUT2D eigenvalue weighted by molar-refractivity contribution is 0.0791. The largest absolute Gasteiger partial charge is 0.493 e. The molecule has 174 valence electrons. The molecule has 1 aliphatic heterocycles. The number of likely N-dealkylation sites (N-methyl/N-ethyl adjacent to an activating group) is 1. The molecule has 7 heteroatoms. The predicted octanol–water partition coefficient (Wildman–Crippen LogP) is 4.39. The average molecular weight is 452 g/mol. The molecule has 4 rings (SSSR count). The summed E-state index contributed by atoms with van der Waals surface area (Å²) < 4.78 is 26.4. The van der Waals surface area contributed by atoms with Crippen molar-refractivity contribution in [3.8, 4) is 11.5 Å². The molecule has 1 aromatic heterocycles. The van der Waals surface area contributed by atoms with Gasteiger partial charge in [-0.05, 0) is 54.7 Å². The van der Waals surface area contributed by atoms with E-state index in [0.717, 1.165) is 36.3 Å². The SMILES string of the molecule is COc1ccc(CCN(C)C(=O)c2cn3c(n2)CCC(c2ccc(F)c(C)c2)C3)cc1OC. The lowest BCUT2D eigenvalue weighted by Gasteiger charge is -2.24. The number of hydrogen-bond donors (Lipinski definition) is 0. The van der Waals surface area contributed by atoms with Gasteiger partial charge >= 0.3 is 0 Å². The minimum Gasteiger partial charge on any atom is -0.493 e. The Labute approximate surface area is 194 Å². The lowest BCUT2D eigenvalue weighted by Crippen LogP contribution is -2.29. The molecule has 2 aromatic carbocycles. The molecule has 0 bridgehead atoms. The summed E-state index contributed by atoms with van der Waals surface area (Å²) >= 11 is 0. The van der Waals surface area contributed by atoms with Gasteiger partial charge in [0.1, 0.15) is 17.3 Å². The van der Waals surface area contributed by atoms with Gasteiger partial charge in [-0.25, -0.2) is 9.37 Å². The second-order valence-electron chi connectivity index (χ2n) is 8.60. The van der Waals surface area contributed by atoms with Crippen LogP contribution in [0.2, 0.25) is 0 Å². The Kier molecular flexibility index (Phi) is 6.67. The Morgan fingerprint density at radius 2 is 1.97 bits per heavy atom.